The van der Waals surface area contributed by atoms with Gasteiger partial charge in [-0.1, -0.05) is 12.1 Å². The summed E-state index contributed by atoms with van der Waals surface area (Å²) in [4.78, 5) is 41.3. The van der Waals surface area contributed by atoms with Gasteiger partial charge in [0.2, 0.25) is 5.91 Å². The lowest BCUT2D eigenvalue weighted by atomic mass is 9.74. The lowest BCUT2D eigenvalue weighted by Crippen LogP contribution is -2.59. The Morgan fingerprint density at radius 1 is 1.10 bits per heavy atom. The third kappa shape index (κ3) is 5.67. The van der Waals surface area contributed by atoms with Crippen LogP contribution >= 0.6 is 0 Å². The number of halogens is 2. The van der Waals surface area contributed by atoms with Crippen molar-refractivity contribution in [2.75, 3.05) is 43.4 Å². The third-order valence-corrected chi connectivity index (χ3v) is 11.7. The smallest absolute Gasteiger partial charge is 0.251 e. The van der Waals surface area contributed by atoms with Gasteiger partial charge in [-0.3, -0.25) is 14.5 Å². The quantitative estimate of drug-likeness (QED) is 0.213. The SMILES string of the molecule is CNC(=O)c1cc(Nc2nc(-c3ccc4c(c3)N(C3CC(N5CCC[C@H](F)C5)C3)C(=O)C43CCNCC3)cc3ncn(C(C)C)c23)c(F)cc1C. The van der Waals surface area contributed by atoms with E-state index in [1.807, 2.05) is 35.4 Å². The number of piperidine rings is 2. The first-order valence-corrected chi connectivity index (χ1v) is 18.3. The second-order valence-electron chi connectivity index (χ2n) is 15.1. The molecule has 0 unspecified atom stereocenters. The topological polar surface area (TPSA) is 107 Å². The minimum Gasteiger partial charge on any atom is -0.355 e. The normalized spacial score (nSPS) is 23.2. The number of nitrogens with one attached hydrogen (secondary N) is 3. The first-order valence-electron chi connectivity index (χ1n) is 18.3. The van der Waals surface area contributed by atoms with Crippen molar-refractivity contribution < 1.29 is 18.4 Å². The van der Waals surface area contributed by atoms with Crippen LogP contribution in [0.5, 0.6) is 0 Å². The van der Waals surface area contributed by atoms with Crippen molar-refractivity contribution in [1.82, 2.24) is 30.1 Å². The Kier molecular flexibility index (Phi) is 8.57. The molecule has 4 aromatic rings. The predicted molar refractivity (Wildman–Crippen MR) is 195 cm³/mol. The van der Waals surface area contributed by atoms with E-state index in [0.29, 0.717) is 41.1 Å². The van der Waals surface area contributed by atoms with E-state index in [-0.39, 0.29) is 35.6 Å². The van der Waals surface area contributed by atoms with E-state index in [9.17, 15) is 14.0 Å². The van der Waals surface area contributed by atoms with Gasteiger partial charge in [-0.15, -0.1) is 0 Å². The largest absolute Gasteiger partial charge is 0.355 e. The average Bonchev–Trinajstić information content (AvgIpc) is 3.63. The monoisotopic (exact) mass is 696 g/mol. The molecule has 3 aliphatic heterocycles. The summed E-state index contributed by atoms with van der Waals surface area (Å²) >= 11 is 0. The number of rotatable bonds is 7. The van der Waals surface area contributed by atoms with Gasteiger partial charge in [-0.25, -0.2) is 18.7 Å². The first-order chi connectivity index (χ1) is 24.6. The summed E-state index contributed by atoms with van der Waals surface area (Å²) < 4.78 is 31.7. The van der Waals surface area contributed by atoms with Crippen LogP contribution < -0.4 is 20.9 Å². The summed E-state index contributed by atoms with van der Waals surface area (Å²) in [5.74, 6) is -0.221. The number of fused-ring (bicyclic) bond motifs is 3. The molecule has 8 rings (SSSR count). The number of anilines is 3. The van der Waals surface area contributed by atoms with Crippen molar-refractivity contribution in [1.29, 1.82) is 0 Å². The highest BCUT2D eigenvalue weighted by Gasteiger charge is 2.55. The minimum absolute atomic E-state index is 0.0548. The van der Waals surface area contributed by atoms with Crippen molar-refractivity contribution in [2.24, 2.45) is 0 Å². The summed E-state index contributed by atoms with van der Waals surface area (Å²) in [5, 5.41) is 9.28. The van der Waals surface area contributed by atoms with E-state index >= 15 is 4.39 Å². The number of aryl methyl sites for hydroxylation is 1. The zero-order valence-corrected chi connectivity index (χ0v) is 29.7. The molecule has 1 spiro atoms. The van der Waals surface area contributed by atoms with Crippen LogP contribution in [0.25, 0.3) is 22.3 Å². The summed E-state index contributed by atoms with van der Waals surface area (Å²) in [6, 6.07) is 11.4. The zero-order valence-electron chi connectivity index (χ0n) is 29.7. The van der Waals surface area contributed by atoms with Gasteiger partial charge in [0.15, 0.2) is 5.82 Å². The fourth-order valence-electron chi connectivity index (χ4n) is 8.76. The number of alkyl halides is 1. The van der Waals surface area contributed by atoms with Crippen LogP contribution in [-0.2, 0) is 10.2 Å². The number of imidazole rings is 1. The van der Waals surface area contributed by atoms with E-state index in [1.54, 1.807) is 20.3 Å². The molecule has 1 saturated carbocycles. The molecule has 2 aromatic heterocycles. The van der Waals surface area contributed by atoms with Crippen molar-refractivity contribution in [3.05, 3.63) is 65.2 Å². The highest BCUT2D eigenvalue weighted by molar-refractivity contribution is 6.09. The standard InChI is InChI=1S/C39H46F2N8O2/c1-22(2)48-21-44-33-19-31(45-36(35(33)48)46-32-18-28(37(50)42-4)23(3)14-30(32)41)24-7-8-29-34(15-24)49(38(51)39(29)9-11-43-12-10-39)27-16-26(17-27)47-13-5-6-25(40)20-47/h7-8,14-15,18-19,21-22,25-27,43H,5-6,9-13,16-17,20H2,1-4H3,(H,42,50)(H,45,46)/t25-,26?,27?/m0/s1. The minimum atomic E-state index is -0.774. The Hall–Kier alpha value is -4.42. The number of hydrogen-bond acceptors (Lipinski definition) is 7. The number of likely N-dealkylation sites (tertiary alicyclic amines) is 1. The van der Waals surface area contributed by atoms with Crippen LogP contribution in [0, 0.1) is 12.7 Å². The van der Waals surface area contributed by atoms with E-state index in [0.717, 1.165) is 74.1 Å². The van der Waals surface area contributed by atoms with Crippen molar-refractivity contribution in [2.45, 2.75) is 89.0 Å². The van der Waals surface area contributed by atoms with Gasteiger partial charge in [-0.2, -0.15) is 0 Å². The van der Waals surface area contributed by atoms with Crippen molar-refractivity contribution in [3.8, 4) is 11.3 Å². The van der Waals surface area contributed by atoms with Crippen LogP contribution in [0.1, 0.15) is 79.9 Å². The fraction of sp³-hybridized carbons (Fsp3) is 0.487. The van der Waals surface area contributed by atoms with Gasteiger partial charge >= 0.3 is 0 Å². The van der Waals surface area contributed by atoms with Gasteiger partial charge in [0.1, 0.15) is 17.5 Å². The average molecular weight is 697 g/mol. The van der Waals surface area contributed by atoms with Gasteiger partial charge in [0, 0.05) is 48.5 Å². The molecule has 1 atom stereocenters. The summed E-state index contributed by atoms with van der Waals surface area (Å²) in [6.07, 6.45) is 5.65. The maximum Gasteiger partial charge on any atom is 0.251 e. The van der Waals surface area contributed by atoms with E-state index in [2.05, 4.69) is 33.0 Å². The number of pyridine rings is 1. The Balaban J connectivity index is 1.19. The third-order valence-electron chi connectivity index (χ3n) is 11.7. The number of carbonyl (C=O) groups excluding carboxylic acids is 2. The second kappa shape index (κ2) is 13.0. The Morgan fingerprint density at radius 2 is 1.88 bits per heavy atom. The highest BCUT2D eigenvalue weighted by atomic mass is 19.1. The van der Waals surface area contributed by atoms with Gasteiger partial charge < -0.3 is 25.4 Å². The molecular formula is C39H46F2N8O2. The Labute approximate surface area is 297 Å². The van der Waals surface area contributed by atoms with E-state index in [4.69, 9.17) is 9.97 Å². The number of aromatic nitrogens is 3. The lowest BCUT2D eigenvalue weighted by molar-refractivity contribution is -0.125. The maximum absolute atomic E-state index is 15.5. The first kappa shape index (κ1) is 33.7. The van der Waals surface area contributed by atoms with Gasteiger partial charge in [-0.05, 0) is 114 Å². The number of carbonyl (C=O) groups is 2. The molecule has 2 saturated heterocycles. The molecule has 12 heteroatoms. The molecule has 0 radical (unpaired) electrons. The number of nitrogens with zero attached hydrogens (tertiary/aromatic N) is 5. The molecule has 2 amide bonds. The van der Waals surface area contributed by atoms with Crippen LogP contribution in [0.2, 0.25) is 0 Å². The molecular weight excluding hydrogens is 650 g/mol. The molecule has 3 N–H and O–H groups in total. The molecule has 5 heterocycles. The molecule has 2 aromatic carbocycles. The van der Waals surface area contributed by atoms with Crippen LogP contribution in [0.3, 0.4) is 0 Å². The van der Waals surface area contributed by atoms with Crippen LogP contribution in [0.4, 0.5) is 26.0 Å². The molecule has 10 nitrogen and oxygen atoms in total. The fourth-order valence-corrected chi connectivity index (χ4v) is 8.76. The molecule has 0 bridgehead atoms. The van der Waals surface area contributed by atoms with Gasteiger partial charge in [0.25, 0.3) is 5.91 Å². The number of amides is 2. The summed E-state index contributed by atoms with van der Waals surface area (Å²) in [5.41, 5.74) is 5.31. The highest BCUT2D eigenvalue weighted by Crippen LogP contribution is 2.51. The van der Waals surface area contributed by atoms with Gasteiger partial charge in [0.05, 0.1) is 28.6 Å². The van der Waals surface area contributed by atoms with Crippen LogP contribution in [0.15, 0.2) is 42.7 Å². The molecule has 3 fully saturated rings. The number of benzene rings is 2. The summed E-state index contributed by atoms with van der Waals surface area (Å²) in [6.45, 7) is 8.76. The Bertz CT molecular complexity index is 2020. The van der Waals surface area contributed by atoms with Crippen LogP contribution in [-0.4, -0.2) is 82.7 Å². The van der Waals surface area contributed by atoms with Crippen molar-refractivity contribution >= 4 is 40.0 Å². The molecule has 1 aliphatic carbocycles. The zero-order chi connectivity index (χ0) is 35.6. The molecule has 268 valence electrons. The summed E-state index contributed by atoms with van der Waals surface area (Å²) in [7, 11) is 1.55. The second-order valence-corrected chi connectivity index (χ2v) is 15.1. The Morgan fingerprint density at radius 3 is 2.61 bits per heavy atom. The van der Waals surface area contributed by atoms with E-state index < -0.39 is 17.4 Å². The maximum atomic E-state index is 15.5. The molecule has 4 aliphatic rings. The van der Waals surface area contributed by atoms with Crippen molar-refractivity contribution in [3.63, 3.8) is 0 Å². The number of hydrogen-bond donors (Lipinski definition) is 3. The molecule has 51 heavy (non-hydrogen) atoms. The predicted octanol–water partition coefficient (Wildman–Crippen LogP) is 6.16. The lowest BCUT2D eigenvalue weighted by Gasteiger charge is -2.48. The van der Waals surface area contributed by atoms with E-state index in [1.165, 1.54) is 12.1 Å².